The average Bonchev–Trinajstić information content (AvgIpc) is 3.16. The average molecular weight is 358 g/mol. The summed E-state index contributed by atoms with van der Waals surface area (Å²) >= 11 is 0. The van der Waals surface area contributed by atoms with E-state index >= 15 is 0 Å². The van der Waals surface area contributed by atoms with Gasteiger partial charge in [0.2, 0.25) is 0 Å². The molecule has 0 aliphatic heterocycles. The molecule has 26 heavy (non-hydrogen) atoms. The molecule has 0 aromatic heterocycles. The van der Waals surface area contributed by atoms with Crippen LogP contribution in [0.3, 0.4) is 0 Å². The Morgan fingerprint density at radius 3 is 2.54 bits per heavy atom. The fourth-order valence-corrected chi connectivity index (χ4v) is 3.00. The molecule has 0 unspecified atom stereocenters. The van der Waals surface area contributed by atoms with E-state index < -0.39 is 0 Å². The fraction of sp³-hybridized carbons (Fsp3) is 0.350. The number of urea groups is 1. The minimum atomic E-state index is -0.359. The number of benzene rings is 2. The number of anilines is 1. The molecule has 2 amide bonds. The van der Waals surface area contributed by atoms with Gasteiger partial charge >= 0.3 is 6.03 Å². The van der Waals surface area contributed by atoms with Gasteiger partial charge in [0, 0.05) is 12.2 Å². The van der Waals surface area contributed by atoms with E-state index in [2.05, 4.69) is 10.6 Å². The molecule has 2 N–H and O–H groups in total. The highest BCUT2D eigenvalue weighted by atomic mass is 19.1. The Balaban J connectivity index is 1.55. The Morgan fingerprint density at radius 1 is 1.12 bits per heavy atom. The second kappa shape index (κ2) is 8.56. The second-order valence-electron chi connectivity index (χ2n) is 6.32. The lowest BCUT2D eigenvalue weighted by atomic mass is 10.2. The van der Waals surface area contributed by atoms with Crippen LogP contribution in [0.2, 0.25) is 0 Å². The molecule has 2 aromatic carbocycles. The van der Waals surface area contributed by atoms with Gasteiger partial charge in [0.25, 0.3) is 0 Å². The number of hydrogen-bond donors (Lipinski definition) is 2. The number of nitrogens with one attached hydrogen (secondary N) is 2. The lowest BCUT2D eigenvalue weighted by Crippen LogP contribution is -2.28. The van der Waals surface area contributed by atoms with Crippen molar-refractivity contribution in [2.24, 2.45) is 0 Å². The van der Waals surface area contributed by atoms with Crippen LogP contribution < -0.4 is 20.1 Å². The molecule has 3 rings (SSSR count). The number of hydrogen-bond acceptors (Lipinski definition) is 3. The molecule has 0 saturated heterocycles. The van der Waals surface area contributed by atoms with Gasteiger partial charge in [-0.1, -0.05) is 6.07 Å². The van der Waals surface area contributed by atoms with E-state index in [1.54, 1.807) is 7.11 Å². The van der Waals surface area contributed by atoms with Crippen LogP contribution in [0.5, 0.6) is 11.5 Å². The number of rotatable bonds is 6. The van der Waals surface area contributed by atoms with Crippen molar-refractivity contribution in [1.29, 1.82) is 0 Å². The Hall–Kier alpha value is -2.76. The van der Waals surface area contributed by atoms with Gasteiger partial charge in [-0.15, -0.1) is 0 Å². The first-order valence-corrected chi connectivity index (χ1v) is 8.78. The highest BCUT2D eigenvalue weighted by molar-refractivity contribution is 5.89. The van der Waals surface area contributed by atoms with E-state index in [1.807, 2.05) is 18.2 Å². The monoisotopic (exact) mass is 358 g/mol. The van der Waals surface area contributed by atoms with E-state index in [9.17, 15) is 9.18 Å². The number of methoxy groups -OCH3 is 1. The van der Waals surface area contributed by atoms with E-state index in [1.165, 1.54) is 37.1 Å². The standard InChI is InChI=1S/C20H23FN2O3/c1-25-19-12-14(6-11-18(19)26-17-4-2-3-5-17)13-22-20(24)23-16-9-7-15(21)8-10-16/h6-12,17H,2-5,13H2,1H3,(H2,22,23,24). The van der Waals surface area contributed by atoms with Gasteiger partial charge < -0.3 is 20.1 Å². The molecule has 138 valence electrons. The molecule has 1 aliphatic carbocycles. The van der Waals surface area contributed by atoms with Crippen molar-refractivity contribution in [3.05, 3.63) is 53.8 Å². The van der Waals surface area contributed by atoms with Crippen molar-refractivity contribution in [2.75, 3.05) is 12.4 Å². The SMILES string of the molecule is COc1cc(CNC(=O)Nc2ccc(F)cc2)ccc1OC1CCCC1. The first-order valence-electron chi connectivity index (χ1n) is 8.78. The van der Waals surface area contributed by atoms with Gasteiger partial charge in [-0.2, -0.15) is 0 Å². The normalized spacial score (nSPS) is 14.1. The van der Waals surface area contributed by atoms with Crippen LogP contribution >= 0.6 is 0 Å². The predicted molar refractivity (Wildman–Crippen MR) is 98.1 cm³/mol. The zero-order valence-electron chi connectivity index (χ0n) is 14.8. The zero-order valence-corrected chi connectivity index (χ0v) is 14.8. The number of ether oxygens (including phenoxy) is 2. The number of amides is 2. The van der Waals surface area contributed by atoms with Crippen molar-refractivity contribution in [3.8, 4) is 11.5 Å². The Morgan fingerprint density at radius 2 is 1.85 bits per heavy atom. The summed E-state index contributed by atoms with van der Waals surface area (Å²) in [4.78, 5) is 12.0. The molecule has 1 aliphatic rings. The minimum Gasteiger partial charge on any atom is -0.493 e. The van der Waals surface area contributed by atoms with Crippen LogP contribution in [0, 0.1) is 5.82 Å². The van der Waals surface area contributed by atoms with Crippen molar-refractivity contribution in [2.45, 2.75) is 38.3 Å². The number of carbonyl (C=O) groups excluding carboxylic acids is 1. The topological polar surface area (TPSA) is 59.6 Å². The van der Waals surface area contributed by atoms with Gasteiger partial charge in [0.05, 0.1) is 13.2 Å². The summed E-state index contributed by atoms with van der Waals surface area (Å²) in [5, 5.41) is 5.42. The summed E-state index contributed by atoms with van der Waals surface area (Å²) < 4.78 is 24.3. The third kappa shape index (κ3) is 4.88. The predicted octanol–water partition coefficient (Wildman–Crippen LogP) is 4.48. The Kier molecular flexibility index (Phi) is 5.94. The van der Waals surface area contributed by atoms with Gasteiger partial charge in [0.15, 0.2) is 11.5 Å². The molecule has 5 nitrogen and oxygen atoms in total. The quantitative estimate of drug-likeness (QED) is 0.800. The van der Waals surface area contributed by atoms with E-state index in [0.717, 1.165) is 24.2 Å². The maximum absolute atomic E-state index is 12.9. The minimum absolute atomic E-state index is 0.259. The maximum Gasteiger partial charge on any atom is 0.319 e. The van der Waals surface area contributed by atoms with Gasteiger partial charge in [-0.05, 0) is 67.6 Å². The first kappa shape index (κ1) is 18.0. The summed E-state index contributed by atoms with van der Waals surface area (Å²) in [6.07, 6.45) is 4.83. The van der Waals surface area contributed by atoms with Gasteiger partial charge in [0.1, 0.15) is 5.82 Å². The summed E-state index contributed by atoms with van der Waals surface area (Å²) in [6.45, 7) is 0.340. The number of carbonyl (C=O) groups is 1. The molecule has 0 radical (unpaired) electrons. The zero-order chi connectivity index (χ0) is 18.4. The Labute approximate surface area is 152 Å². The molecule has 0 heterocycles. The highest BCUT2D eigenvalue weighted by Crippen LogP contribution is 2.32. The number of halogens is 1. The summed E-state index contributed by atoms with van der Waals surface area (Å²) in [6, 6.07) is 10.9. The van der Waals surface area contributed by atoms with Crippen LogP contribution in [0.1, 0.15) is 31.2 Å². The molecule has 0 spiro atoms. The van der Waals surface area contributed by atoms with Crippen molar-refractivity contribution >= 4 is 11.7 Å². The molecule has 6 heteroatoms. The third-order valence-electron chi connectivity index (χ3n) is 4.38. The van der Waals surface area contributed by atoms with Crippen molar-refractivity contribution in [3.63, 3.8) is 0 Å². The van der Waals surface area contributed by atoms with E-state index in [0.29, 0.717) is 18.0 Å². The third-order valence-corrected chi connectivity index (χ3v) is 4.38. The smallest absolute Gasteiger partial charge is 0.319 e. The molecule has 2 aromatic rings. The van der Waals surface area contributed by atoms with E-state index in [-0.39, 0.29) is 18.0 Å². The van der Waals surface area contributed by atoms with Gasteiger partial charge in [-0.25, -0.2) is 9.18 Å². The maximum atomic E-state index is 12.9. The Bertz CT molecular complexity index is 743. The van der Waals surface area contributed by atoms with Crippen molar-refractivity contribution in [1.82, 2.24) is 5.32 Å². The lowest BCUT2D eigenvalue weighted by molar-refractivity contribution is 0.200. The van der Waals surface area contributed by atoms with E-state index in [4.69, 9.17) is 9.47 Å². The van der Waals surface area contributed by atoms with Crippen LogP contribution in [0.25, 0.3) is 0 Å². The molecule has 1 fully saturated rings. The van der Waals surface area contributed by atoms with Crippen molar-refractivity contribution < 1.29 is 18.7 Å². The van der Waals surface area contributed by atoms with Crippen LogP contribution in [-0.2, 0) is 6.54 Å². The lowest BCUT2D eigenvalue weighted by Gasteiger charge is -2.17. The van der Waals surface area contributed by atoms with Crippen LogP contribution in [0.15, 0.2) is 42.5 Å². The highest BCUT2D eigenvalue weighted by Gasteiger charge is 2.18. The van der Waals surface area contributed by atoms with Gasteiger partial charge in [-0.3, -0.25) is 0 Å². The largest absolute Gasteiger partial charge is 0.493 e. The second-order valence-corrected chi connectivity index (χ2v) is 6.32. The summed E-state index contributed by atoms with van der Waals surface area (Å²) in [7, 11) is 1.61. The molecular weight excluding hydrogens is 335 g/mol. The summed E-state index contributed by atoms with van der Waals surface area (Å²) in [5.41, 5.74) is 1.43. The van der Waals surface area contributed by atoms with Crippen LogP contribution in [-0.4, -0.2) is 19.2 Å². The molecular formula is C20H23FN2O3. The molecule has 0 atom stereocenters. The van der Waals surface area contributed by atoms with Crippen LogP contribution in [0.4, 0.5) is 14.9 Å². The summed E-state index contributed by atoms with van der Waals surface area (Å²) in [5.74, 6) is 1.05. The fourth-order valence-electron chi connectivity index (χ4n) is 3.00. The molecule has 0 bridgehead atoms. The molecule has 1 saturated carbocycles. The first-order chi connectivity index (χ1) is 12.6.